The number of aromatic nitrogens is 1. The van der Waals surface area contributed by atoms with Crippen LogP contribution in [0.2, 0.25) is 0 Å². The molecule has 0 aliphatic rings. The highest BCUT2D eigenvalue weighted by atomic mass is 32.2. The number of aryl methyl sites for hydroxylation is 2. The molecule has 21 heavy (non-hydrogen) atoms. The molecule has 7 heteroatoms. The van der Waals surface area contributed by atoms with E-state index in [1.165, 1.54) is 11.3 Å². The summed E-state index contributed by atoms with van der Waals surface area (Å²) in [4.78, 5) is 4.31. The molecule has 3 N–H and O–H groups in total. The molecule has 1 aromatic heterocycles. The van der Waals surface area contributed by atoms with Gasteiger partial charge in [-0.2, -0.15) is 0 Å². The Morgan fingerprint density at radius 1 is 1.33 bits per heavy atom. The zero-order chi connectivity index (χ0) is 15.6. The Morgan fingerprint density at radius 3 is 2.57 bits per heavy atom. The molecule has 114 valence electrons. The summed E-state index contributed by atoms with van der Waals surface area (Å²) < 4.78 is 27.8. The van der Waals surface area contributed by atoms with Crippen LogP contribution in [0.3, 0.4) is 0 Å². The molecule has 0 bridgehead atoms. The zero-order valence-electron chi connectivity index (χ0n) is 12.3. The largest absolute Gasteiger partial charge is 0.398 e. The smallest absolute Gasteiger partial charge is 0.243 e. The van der Waals surface area contributed by atoms with Crippen molar-refractivity contribution in [3.63, 3.8) is 0 Å². The number of anilines is 1. The number of nitrogen functional groups attached to an aromatic ring is 1. The first-order chi connectivity index (χ1) is 9.85. The highest BCUT2D eigenvalue weighted by molar-refractivity contribution is 7.89. The van der Waals surface area contributed by atoms with E-state index in [1.807, 2.05) is 26.2 Å². The molecule has 0 spiro atoms. The van der Waals surface area contributed by atoms with Crippen molar-refractivity contribution in [2.75, 3.05) is 5.73 Å². The van der Waals surface area contributed by atoms with Crippen LogP contribution in [0.5, 0.6) is 0 Å². The number of benzene rings is 1. The van der Waals surface area contributed by atoms with E-state index in [-0.39, 0.29) is 16.6 Å². The van der Waals surface area contributed by atoms with Crippen LogP contribution in [0.4, 0.5) is 5.69 Å². The molecular formula is C14H19N3O2S2. The summed E-state index contributed by atoms with van der Waals surface area (Å²) in [5, 5.41) is 2.58. The van der Waals surface area contributed by atoms with Crippen LogP contribution < -0.4 is 10.5 Å². The zero-order valence-corrected chi connectivity index (χ0v) is 13.9. The average molecular weight is 325 g/mol. The second-order valence-corrected chi connectivity index (χ2v) is 7.54. The third-order valence-electron chi connectivity index (χ3n) is 3.37. The minimum absolute atomic E-state index is 0.126. The molecule has 1 unspecified atom stereocenters. The van der Waals surface area contributed by atoms with Crippen LogP contribution in [0.25, 0.3) is 0 Å². The van der Waals surface area contributed by atoms with Crippen molar-refractivity contribution < 1.29 is 8.42 Å². The number of sulfonamides is 1. The number of thiazole rings is 1. The van der Waals surface area contributed by atoms with Crippen molar-refractivity contribution in [2.45, 2.75) is 38.1 Å². The summed E-state index contributed by atoms with van der Waals surface area (Å²) in [5.41, 5.74) is 8.01. The van der Waals surface area contributed by atoms with E-state index < -0.39 is 10.0 Å². The van der Waals surface area contributed by atoms with Gasteiger partial charge in [-0.1, -0.05) is 6.92 Å². The van der Waals surface area contributed by atoms with E-state index in [2.05, 4.69) is 9.71 Å². The minimum Gasteiger partial charge on any atom is -0.398 e. The molecule has 0 aliphatic carbocycles. The van der Waals surface area contributed by atoms with Crippen molar-refractivity contribution in [1.29, 1.82) is 0 Å². The van der Waals surface area contributed by atoms with Crippen LogP contribution >= 0.6 is 11.3 Å². The van der Waals surface area contributed by atoms with Gasteiger partial charge < -0.3 is 5.73 Å². The number of nitrogens with zero attached hydrogens (tertiary/aromatic N) is 1. The van der Waals surface area contributed by atoms with Crippen molar-refractivity contribution in [2.24, 2.45) is 0 Å². The maximum absolute atomic E-state index is 12.6. The summed E-state index contributed by atoms with van der Waals surface area (Å²) in [5.74, 6) is 0. The van der Waals surface area contributed by atoms with Gasteiger partial charge in [-0.3, -0.25) is 0 Å². The summed E-state index contributed by atoms with van der Waals surface area (Å²) in [6, 6.07) is 2.96. The fourth-order valence-electron chi connectivity index (χ4n) is 2.01. The van der Waals surface area contributed by atoms with E-state index in [1.54, 1.807) is 18.3 Å². The van der Waals surface area contributed by atoms with Gasteiger partial charge in [0.05, 0.1) is 11.7 Å². The van der Waals surface area contributed by atoms with Gasteiger partial charge in [0.2, 0.25) is 10.0 Å². The average Bonchev–Trinajstić information content (AvgIpc) is 2.94. The Bertz CT molecular complexity index is 725. The van der Waals surface area contributed by atoms with Crippen molar-refractivity contribution in [3.05, 3.63) is 39.8 Å². The Labute approximate surface area is 129 Å². The number of nitrogens with one attached hydrogen (secondary N) is 1. The van der Waals surface area contributed by atoms with Crippen LogP contribution in [0.1, 0.15) is 35.5 Å². The summed E-state index contributed by atoms with van der Waals surface area (Å²) >= 11 is 1.43. The highest BCUT2D eigenvalue weighted by Gasteiger charge is 2.24. The highest BCUT2D eigenvalue weighted by Crippen LogP contribution is 2.26. The molecule has 1 atom stereocenters. The van der Waals surface area contributed by atoms with Gasteiger partial charge in [0.15, 0.2) is 0 Å². The van der Waals surface area contributed by atoms with E-state index in [0.29, 0.717) is 6.42 Å². The van der Waals surface area contributed by atoms with Gasteiger partial charge in [0, 0.05) is 11.6 Å². The van der Waals surface area contributed by atoms with Gasteiger partial charge in [-0.15, -0.1) is 11.3 Å². The molecule has 2 rings (SSSR count). The maximum Gasteiger partial charge on any atom is 0.243 e. The normalized spacial score (nSPS) is 13.3. The first-order valence-electron chi connectivity index (χ1n) is 6.63. The second-order valence-electron chi connectivity index (χ2n) is 4.93. The standard InChI is InChI=1S/C14H19N3O2S2/c1-4-12(14-16-5-6-20-14)17-21(18,19)13-8-10(3)9(2)7-11(13)15/h5-8,12,17H,4,15H2,1-3H3. The lowest BCUT2D eigenvalue weighted by Gasteiger charge is -2.16. The van der Waals surface area contributed by atoms with Gasteiger partial charge in [0.1, 0.15) is 9.90 Å². The fourth-order valence-corrected chi connectivity index (χ4v) is 4.34. The van der Waals surface area contributed by atoms with Crippen molar-refractivity contribution >= 4 is 27.0 Å². The fraction of sp³-hybridized carbons (Fsp3) is 0.357. The molecule has 2 aromatic rings. The lowest BCUT2D eigenvalue weighted by Crippen LogP contribution is -2.29. The Kier molecular flexibility index (Phi) is 4.65. The molecule has 0 aliphatic heterocycles. The predicted octanol–water partition coefficient (Wildman–Crippen LogP) is 2.77. The van der Waals surface area contributed by atoms with Gasteiger partial charge in [-0.05, 0) is 43.5 Å². The van der Waals surface area contributed by atoms with Gasteiger partial charge in [0.25, 0.3) is 0 Å². The minimum atomic E-state index is -3.68. The summed E-state index contributed by atoms with van der Waals surface area (Å²) in [6.45, 7) is 5.68. The molecule has 0 saturated heterocycles. The summed E-state index contributed by atoms with van der Waals surface area (Å²) in [7, 11) is -3.68. The Balaban J connectivity index is 2.36. The molecule has 5 nitrogen and oxygen atoms in total. The molecule has 1 aromatic carbocycles. The molecule has 0 amide bonds. The molecule has 1 heterocycles. The molecule has 0 radical (unpaired) electrons. The van der Waals surface area contributed by atoms with E-state index >= 15 is 0 Å². The van der Waals surface area contributed by atoms with E-state index in [0.717, 1.165) is 16.1 Å². The second kappa shape index (κ2) is 6.13. The Hall–Kier alpha value is -1.44. The van der Waals surface area contributed by atoms with Crippen molar-refractivity contribution in [3.8, 4) is 0 Å². The lowest BCUT2D eigenvalue weighted by atomic mass is 10.1. The van der Waals surface area contributed by atoms with Crippen molar-refractivity contribution in [1.82, 2.24) is 9.71 Å². The van der Waals surface area contributed by atoms with Gasteiger partial charge in [-0.25, -0.2) is 18.1 Å². The number of hydrogen-bond donors (Lipinski definition) is 2. The number of rotatable bonds is 5. The van der Waals surface area contributed by atoms with E-state index in [9.17, 15) is 8.42 Å². The Morgan fingerprint density at radius 2 is 2.00 bits per heavy atom. The molecule has 0 saturated carbocycles. The summed E-state index contributed by atoms with van der Waals surface area (Å²) in [6.07, 6.45) is 2.29. The number of nitrogens with two attached hydrogens (primary N) is 1. The van der Waals surface area contributed by atoms with Gasteiger partial charge >= 0.3 is 0 Å². The van der Waals surface area contributed by atoms with E-state index in [4.69, 9.17) is 5.73 Å². The maximum atomic E-state index is 12.6. The molecular weight excluding hydrogens is 306 g/mol. The predicted molar refractivity (Wildman–Crippen MR) is 85.8 cm³/mol. The topological polar surface area (TPSA) is 85.1 Å². The van der Waals surface area contributed by atoms with Crippen LogP contribution in [0.15, 0.2) is 28.6 Å². The first kappa shape index (κ1) is 15.9. The quantitative estimate of drug-likeness (QED) is 0.828. The van der Waals surface area contributed by atoms with Crippen LogP contribution in [0, 0.1) is 13.8 Å². The SMILES string of the molecule is CCC(NS(=O)(=O)c1cc(C)c(C)cc1N)c1nccs1. The third-order valence-corrected chi connectivity index (χ3v) is 5.79. The van der Waals surface area contributed by atoms with Crippen LogP contribution in [-0.2, 0) is 10.0 Å². The molecule has 0 fully saturated rings. The lowest BCUT2D eigenvalue weighted by molar-refractivity contribution is 0.549. The third kappa shape index (κ3) is 3.42. The first-order valence-corrected chi connectivity index (χ1v) is 9.00. The van der Waals surface area contributed by atoms with Crippen LogP contribution in [-0.4, -0.2) is 13.4 Å². The number of hydrogen-bond acceptors (Lipinski definition) is 5. The monoisotopic (exact) mass is 325 g/mol.